The molecule has 2 aromatic rings. The highest BCUT2D eigenvalue weighted by atomic mass is 32.2. The minimum absolute atomic E-state index is 0.0193. The standard InChI is InChI=1S/C20H25N3O2S/c1-19(2,3)26-13-4-5-14-15(8-13)22-16(18(24)25)9-17(14)23-10-12(11-23)20(21)6-7-20/h4-5,8-9,12H,6-7,10-11,21H2,1-3H3,(H,24,25). The van der Waals surface area contributed by atoms with Crippen LogP contribution in [0.2, 0.25) is 0 Å². The monoisotopic (exact) mass is 371 g/mol. The Hall–Kier alpha value is -1.79. The summed E-state index contributed by atoms with van der Waals surface area (Å²) >= 11 is 1.76. The lowest BCUT2D eigenvalue weighted by Gasteiger charge is -2.44. The van der Waals surface area contributed by atoms with Gasteiger partial charge < -0.3 is 15.7 Å². The lowest BCUT2D eigenvalue weighted by molar-refractivity contribution is 0.0691. The molecule has 1 saturated carbocycles. The van der Waals surface area contributed by atoms with Crippen LogP contribution in [0.15, 0.2) is 29.2 Å². The van der Waals surface area contributed by atoms with Crippen molar-refractivity contribution >= 4 is 34.3 Å². The van der Waals surface area contributed by atoms with Gasteiger partial charge in [-0.2, -0.15) is 0 Å². The van der Waals surface area contributed by atoms with Crippen LogP contribution in [0.1, 0.15) is 44.1 Å². The van der Waals surface area contributed by atoms with E-state index in [1.807, 2.05) is 6.07 Å². The summed E-state index contributed by atoms with van der Waals surface area (Å²) in [5.41, 5.74) is 8.15. The van der Waals surface area contributed by atoms with Gasteiger partial charge in [0.1, 0.15) is 0 Å². The third-order valence-corrected chi connectivity index (χ3v) is 6.37. The molecule has 1 saturated heterocycles. The Kier molecular flexibility index (Phi) is 3.97. The fourth-order valence-corrected chi connectivity index (χ4v) is 4.58. The first-order valence-electron chi connectivity index (χ1n) is 9.06. The molecule has 0 unspecified atom stereocenters. The second-order valence-corrected chi connectivity index (χ2v) is 10.5. The molecule has 3 N–H and O–H groups in total. The van der Waals surface area contributed by atoms with Crippen molar-refractivity contribution < 1.29 is 9.90 Å². The van der Waals surface area contributed by atoms with E-state index in [0.717, 1.165) is 47.4 Å². The molecule has 4 rings (SSSR count). The molecule has 1 aromatic heterocycles. The molecule has 0 atom stereocenters. The molecule has 1 aromatic carbocycles. The van der Waals surface area contributed by atoms with E-state index in [4.69, 9.17) is 5.73 Å². The summed E-state index contributed by atoms with van der Waals surface area (Å²) in [7, 11) is 0. The van der Waals surface area contributed by atoms with Gasteiger partial charge in [0, 0.05) is 45.3 Å². The Labute approximate surface area is 158 Å². The van der Waals surface area contributed by atoms with Crippen LogP contribution in [0.5, 0.6) is 0 Å². The molecule has 6 heteroatoms. The molecular formula is C20H25N3O2S. The molecule has 26 heavy (non-hydrogen) atoms. The normalized spacial score (nSPS) is 19.5. The number of carboxylic acids is 1. The number of hydrogen-bond donors (Lipinski definition) is 2. The van der Waals surface area contributed by atoms with Crippen molar-refractivity contribution in [3.05, 3.63) is 30.0 Å². The van der Waals surface area contributed by atoms with Crippen molar-refractivity contribution in [2.24, 2.45) is 11.7 Å². The molecule has 2 heterocycles. The average Bonchev–Trinajstić information content (AvgIpc) is 3.21. The first-order chi connectivity index (χ1) is 12.1. The number of aromatic carboxylic acids is 1. The van der Waals surface area contributed by atoms with Crippen LogP contribution < -0.4 is 10.6 Å². The van der Waals surface area contributed by atoms with Crippen LogP contribution in [0.4, 0.5) is 5.69 Å². The largest absolute Gasteiger partial charge is 0.477 e. The smallest absolute Gasteiger partial charge is 0.354 e. The summed E-state index contributed by atoms with van der Waals surface area (Å²) in [6.07, 6.45) is 2.22. The quantitative estimate of drug-likeness (QED) is 0.797. The topological polar surface area (TPSA) is 79.5 Å². The second-order valence-electron chi connectivity index (χ2n) is 8.56. The first kappa shape index (κ1) is 17.6. The molecule has 0 spiro atoms. The summed E-state index contributed by atoms with van der Waals surface area (Å²) < 4.78 is 0.0886. The number of hydrogen-bond acceptors (Lipinski definition) is 5. The third-order valence-electron chi connectivity index (χ3n) is 5.27. The summed E-state index contributed by atoms with van der Waals surface area (Å²) in [6.45, 7) is 8.28. The Morgan fingerprint density at radius 3 is 2.58 bits per heavy atom. The van der Waals surface area contributed by atoms with Gasteiger partial charge >= 0.3 is 5.97 Å². The number of carbonyl (C=O) groups is 1. The van der Waals surface area contributed by atoms with Crippen molar-refractivity contribution in [3.63, 3.8) is 0 Å². The van der Waals surface area contributed by atoms with Crippen LogP contribution in [-0.4, -0.2) is 39.4 Å². The Morgan fingerprint density at radius 1 is 1.31 bits per heavy atom. The van der Waals surface area contributed by atoms with Crippen LogP contribution >= 0.6 is 11.8 Å². The van der Waals surface area contributed by atoms with Crippen LogP contribution in [-0.2, 0) is 0 Å². The van der Waals surface area contributed by atoms with Gasteiger partial charge in [-0.3, -0.25) is 0 Å². The number of fused-ring (bicyclic) bond motifs is 1. The Balaban J connectivity index is 1.70. The van der Waals surface area contributed by atoms with Gasteiger partial charge in [-0.15, -0.1) is 11.8 Å². The molecule has 2 fully saturated rings. The van der Waals surface area contributed by atoms with Crippen LogP contribution in [0.25, 0.3) is 10.9 Å². The Morgan fingerprint density at radius 2 is 2.00 bits per heavy atom. The zero-order valence-electron chi connectivity index (χ0n) is 15.5. The van der Waals surface area contributed by atoms with Gasteiger partial charge in [0.2, 0.25) is 0 Å². The number of carboxylic acid groups (broad SMARTS) is 1. The highest BCUT2D eigenvalue weighted by molar-refractivity contribution is 8.00. The van der Waals surface area contributed by atoms with E-state index in [9.17, 15) is 9.90 Å². The molecule has 0 radical (unpaired) electrons. The zero-order chi connectivity index (χ0) is 18.7. The minimum Gasteiger partial charge on any atom is -0.477 e. The number of nitrogens with two attached hydrogens (primary N) is 1. The van der Waals surface area contributed by atoms with Crippen molar-refractivity contribution in [2.75, 3.05) is 18.0 Å². The van der Waals surface area contributed by atoms with Gasteiger partial charge in [0.05, 0.1) is 5.52 Å². The van der Waals surface area contributed by atoms with Gasteiger partial charge in [0.25, 0.3) is 0 Å². The lowest BCUT2D eigenvalue weighted by Crippen LogP contribution is -2.56. The van der Waals surface area contributed by atoms with E-state index in [1.54, 1.807) is 17.8 Å². The van der Waals surface area contributed by atoms with E-state index >= 15 is 0 Å². The number of aromatic nitrogens is 1. The van der Waals surface area contributed by atoms with Crippen molar-refractivity contribution in [1.82, 2.24) is 4.98 Å². The molecule has 1 aliphatic carbocycles. The van der Waals surface area contributed by atoms with Crippen molar-refractivity contribution in [2.45, 2.75) is 48.8 Å². The second kappa shape index (κ2) is 5.86. The van der Waals surface area contributed by atoms with Crippen LogP contribution in [0, 0.1) is 5.92 Å². The maximum Gasteiger partial charge on any atom is 0.354 e. The molecule has 1 aliphatic heterocycles. The average molecular weight is 372 g/mol. The summed E-state index contributed by atoms with van der Waals surface area (Å²) in [6, 6.07) is 7.88. The van der Waals surface area contributed by atoms with Gasteiger partial charge in [0.15, 0.2) is 5.69 Å². The number of thioether (sulfide) groups is 1. The minimum atomic E-state index is -0.989. The number of benzene rings is 1. The lowest BCUT2D eigenvalue weighted by atomic mass is 9.89. The fraction of sp³-hybridized carbons (Fsp3) is 0.500. The molecule has 0 bridgehead atoms. The number of anilines is 1. The zero-order valence-corrected chi connectivity index (χ0v) is 16.3. The highest BCUT2D eigenvalue weighted by Crippen LogP contribution is 2.46. The van der Waals surface area contributed by atoms with E-state index < -0.39 is 5.97 Å². The molecule has 138 valence electrons. The molecule has 5 nitrogen and oxygen atoms in total. The predicted octanol–water partition coefficient (Wildman–Crippen LogP) is 3.75. The molecule has 0 amide bonds. The Bertz CT molecular complexity index is 880. The summed E-state index contributed by atoms with van der Waals surface area (Å²) in [5, 5.41) is 10.5. The van der Waals surface area contributed by atoms with Crippen molar-refractivity contribution in [3.8, 4) is 0 Å². The maximum absolute atomic E-state index is 11.6. The van der Waals surface area contributed by atoms with Crippen molar-refractivity contribution in [1.29, 1.82) is 0 Å². The van der Waals surface area contributed by atoms with Gasteiger partial charge in [-0.05, 0) is 37.1 Å². The molecule has 2 aliphatic rings. The van der Waals surface area contributed by atoms with Crippen LogP contribution in [0.3, 0.4) is 0 Å². The summed E-state index contributed by atoms with van der Waals surface area (Å²) in [4.78, 5) is 19.3. The number of rotatable bonds is 4. The fourth-order valence-electron chi connectivity index (χ4n) is 3.57. The summed E-state index contributed by atoms with van der Waals surface area (Å²) in [5.74, 6) is -0.480. The SMILES string of the molecule is CC(C)(C)Sc1ccc2c(N3CC(C4(N)CC4)C3)cc(C(=O)O)nc2c1. The van der Waals surface area contributed by atoms with Gasteiger partial charge in [-0.1, -0.05) is 20.8 Å². The maximum atomic E-state index is 11.6. The van der Waals surface area contributed by atoms with Gasteiger partial charge in [-0.25, -0.2) is 9.78 Å². The predicted molar refractivity (Wildman–Crippen MR) is 106 cm³/mol. The first-order valence-corrected chi connectivity index (χ1v) is 9.87. The van der Waals surface area contributed by atoms with E-state index in [1.165, 1.54) is 0 Å². The van der Waals surface area contributed by atoms with E-state index in [2.05, 4.69) is 42.8 Å². The number of pyridine rings is 1. The number of nitrogens with zero attached hydrogens (tertiary/aromatic N) is 2. The molecular weight excluding hydrogens is 346 g/mol. The van der Waals surface area contributed by atoms with E-state index in [-0.39, 0.29) is 16.0 Å². The van der Waals surface area contributed by atoms with E-state index in [0.29, 0.717) is 5.92 Å². The third kappa shape index (κ3) is 3.28. The highest BCUT2D eigenvalue weighted by Gasteiger charge is 2.50.